The van der Waals surface area contributed by atoms with Crippen LogP contribution >= 0.6 is 36.4 Å². The van der Waals surface area contributed by atoms with Crippen LogP contribution in [0.25, 0.3) is 5.69 Å². The van der Waals surface area contributed by atoms with Gasteiger partial charge in [0.15, 0.2) is 5.82 Å². The highest BCUT2D eigenvalue weighted by atomic mass is 35.5. The number of hydrogen-bond acceptors (Lipinski definition) is 3. The fourth-order valence-corrected chi connectivity index (χ4v) is 1.48. The topological polar surface area (TPSA) is 42.7 Å². The lowest BCUT2D eigenvalue weighted by atomic mass is 10.3. The van der Waals surface area contributed by atoms with E-state index in [1.54, 1.807) is 6.33 Å². The molecular weight excluding hydrogens is 282 g/mol. The Morgan fingerprint density at radius 2 is 1.88 bits per heavy atom. The zero-order valence-corrected chi connectivity index (χ0v) is 11.5. The quantitative estimate of drug-likeness (QED) is 0.946. The molecule has 0 bridgehead atoms. The molecule has 0 radical (unpaired) electrons. The Kier molecular flexibility index (Phi) is 7.15. The molecule has 0 aliphatic carbocycles. The van der Waals surface area contributed by atoms with Gasteiger partial charge in [0.25, 0.3) is 0 Å². The molecule has 0 saturated carbocycles. The van der Waals surface area contributed by atoms with Crippen molar-refractivity contribution in [3.63, 3.8) is 0 Å². The van der Waals surface area contributed by atoms with Gasteiger partial charge in [0, 0.05) is 10.7 Å². The lowest BCUT2D eigenvalue weighted by Crippen LogP contribution is -2.11. The van der Waals surface area contributed by atoms with Gasteiger partial charge in [0.05, 0.1) is 6.54 Å². The molecule has 1 N–H and O–H groups in total. The van der Waals surface area contributed by atoms with Gasteiger partial charge in [-0.1, -0.05) is 11.6 Å². The fourth-order valence-electron chi connectivity index (χ4n) is 1.35. The number of aromatic nitrogens is 3. The van der Waals surface area contributed by atoms with Crippen LogP contribution in [0.4, 0.5) is 0 Å². The third-order valence-corrected chi connectivity index (χ3v) is 2.31. The summed E-state index contributed by atoms with van der Waals surface area (Å²) >= 11 is 5.82. The number of halogens is 3. The van der Waals surface area contributed by atoms with Gasteiger partial charge in [-0.15, -0.1) is 35.0 Å². The average Bonchev–Trinajstić information content (AvgIpc) is 2.68. The zero-order chi connectivity index (χ0) is 10.7. The van der Waals surface area contributed by atoms with Crippen LogP contribution in [0.2, 0.25) is 5.02 Å². The lowest BCUT2D eigenvalue weighted by Gasteiger charge is -2.05. The van der Waals surface area contributed by atoms with Crippen LogP contribution in [0.3, 0.4) is 0 Å². The first-order chi connectivity index (χ1) is 7.31. The summed E-state index contributed by atoms with van der Waals surface area (Å²) in [6.45, 7) is 0.683. The fraction of sp³-hybridized carbons (Fsp3) is 0.200. The molecule has 1 aromatic heterocycles. The van der Waals surface area contributed by atoms with Crippen LogP contribution in [0.5, 0.6) is 0 Å². The van der Waals surface area contributed by atoms with Gasteiger partial charge in [-0.05, 0) is 31.3 Å². The van der Waals surface area contributed by atoms with Gasteiger partial charge in [-0.3, -0.25) is 4.57 Å². The number of rotatable bonds is 3. The summed E-state index contributed by atoms with van der Waals surface area (Å²) in [5.41, 5.74) is 1.01. The first-order valence-electron chi connectivity index (χ1n) is 4.60. The number of nitrogens with one attached hydrogen (secondary N) is 1. The minimum absolute atomic E-state index is 0. The smallest absolute Gasteiger partial charge is 0.151 e. The Morgan fingerprint density at radius 3 is 2.47 bits per heavy atom. The molecule has 94 valence electrons. The Bertz CT molecular complexity index is 441. The molecular formula is C10H13Cl3N4. The molecule has 0 atom stereocenters. The van der Waals surface area contributed by atoms with Gasteiger partial charge in [-0.2, -0.15) is 0 Å². The normalized spacial score (nSPS) is 9.29. The highest BCUT2D eigenvalue weighted by molar-refractivity contribution is 6.30. The van der Waals surface area contributed by atoms with E-state index in [0.29, 0.717) is 6.54 Å². The van der Waals surface area contributed by atoms with Crippen molar-refractivity contribution in [1.82, 2.24) is 20.1 Å². The Morgan fingerprint density at radius 1 is 1.24 bits per heavy atom. The van der Waals surface area contributed by atoms with Gasteiger partial charge >= 0.3 is 0 Å². The molecule has 1 aromatic carbocycles. The first-order valence-corrected chi connectivity index (χ1v) is 4.98. The van der Waals surface area contributed by atoms with E-state index < -0.39 is 0 Å². The van der Waals surface area contributed by atoms with E-state index in [4.69, 9.17) is 11.6 Å². The molecule has 2 aromatic rings. The molecule has 0 unspecified atom stereocenters. The van der Waals surface area contributed by atoms with E-state index in [2.05, 4.69) is 15.5 Å². The first kappa shape index (κ1) is 16.2. The second-order valence-corrected chi connectivity index (χ2v) is 3.56. The summed E-state index contributed by atoms with van der Waals surface area (Å²) in [5, 5.41) is 11.7. The highest BCUT2D eigenvalue weighted by Gasteiger charge is 2.04. The Labute approximate surface area is 117 Å². The second kappa shape index (κ2) is 7.50. The number of hydrogen-bond donors (Lipinski definition) is 1. The molecule has 0 saturated heterocycles. The molecule has 4 nitrogen and oxygen atoms in total. The van der Waals surface area contributed by atoms with Gasteiger partial charge < -0.3 is 5.32 Å². The zero-order valence-electron chi connectivity index (χ0n) is 9.13. The molecule has 0 spiro atoms. The van der Waals surface area contributed by atoms with Crippen LogP contribution < -0.4 is 5.32 Å². The van der Waals surface area contributed by atoms with E-state index in [1.165, 1.54) is 0 Å². The maximum atomic E-state index is 5.82. The molecule has 0 aliphatic heterocycles. The SMILES string of the molecule is CNCc1nncn1-c1ccc(Cl)cc1.Cl.Cl. The monoisotopic (exact) mass is 294 g/mol. The van der Waals surface area contributed by atoms with Crippen molar-refractivity contribution in [1.29, 1.82) is 0 Å². The maximum Gasteiger partial charge on any atom is 0.151 e. The van der Waals surface area contributed by atoms with Crippen LogP contribution in [0.1, 0.15) is 5.82 Å². The molecule has 1 heterocycles. The Balaban J connectivity index is 0.00000128. The van der Waals surface area contributed by atoms with Crippen LogP contribution in [-0.2, 0) is 6.54 Å². The molecule has 7 heteroatoms. The van der Waals surface area contributed by atoms with Gasteiger partial charge in [0.2, 0.25) is 0 Å². The summed E-state index contributed by atoms with van der Waals surface area (Å²) in [7, 11) is 1.88. The largest absolute Gasteiger partial charge is 0.313 e. The van der Waals surface area contributed by atoms with Gasteiger partial charge in [-0.25, -0.2) is 0 Å². The van der Waals surface area contributed by atoms with Crippen molar-refractivity contribution in [3.8, 4) is 5.69 Å². The van der Waals surface area contributed by atoms with Crippen LogP contribution in [0, 0.1) is 0 Å². The van der Waals surface area contributed by atoms with E-state index in [9.17, 15) is 0 Å². The number of benzene rings is 1. The summed E-state index contributed by atoms with van der Waals surface area (Å²) in [4.78, 5) is 0. The molecule has 17 heavy (non-hydrogen) atoms. The van der Waals surface area contributed by atoms with Crippen LogP contribution in [0.15, 0.2) is 30.6 Å². The van der Waals surface area contributed by atoms with Crippen molar-refractivity contribution in [2.75, 3.05) is 7.05 Å². The molecule has 2 rings (SSSR count). The maximum absolute atomic E-state index is 5.82. The Hall–Kier alpha value is -0.810. The standard InChI is InChI=1S/C10H11ClN4.2ClH/c1-12-6-10-14-13-7-15(10)9-4-2-8(11)3-5-9;;/h2-5,7,12H,6H2,1H3;2*1H. The predicted molar refractivity (Wildman–Crippen MR) is 73.6 cm³/mol. The van der Waals surface area contributed by atoms with Crippen molar-refractivity contribution in [2.24, 2.45) is 0 Å². The van der Waals surface area contributed by atoms with E-state index in [0.717, 1.165) is 16.5 Å². The highest BCUT2D eigenvalue weighted by Crippen LogP contribution is 2.14. The third kappa shape index (κ3) is 3.85. The molecule has 0 amide bonds. The van der Waals surface area contributed by atoms with Crippen molar-refractivity contribution >= 4 is 36.4 Å². The summed E-state index contributed by atoms with van der Waals surface area (Å²) < 4.78 is 1.92. The minimum atomic E-state index is 0. The summed E-state index contributed by atoms with van der Waals surface area (Å²) in [5.74, 6) is 0.875. The van der Waals surface area contributed by atoms with E-state index >= 15 is 0 Å². The van der Waals surface area contributed by atoms with Gasteiger partial charge in [0.1, 0.15) is 6.33 Å². The lowest BCUT2D eigenvalue weighted by molar-refractivity contribution is 0.737. The van der Waals surface area contributed by atoms with E-state index in [-0.39, 0.29) is 24.8 Å². The van der Waals surface area contributed by atoms with Crippen molar-refractivity contribution in [3.05, 3.63) is 41.4 Å². The van der Waals surface area contributed by atoms with Crippen molar-refractivity contribution < 1.29 is 0 Å². The second-order valence-electron chi connectivity index (χ2n) is 3.12. The average molecular weight is 296 g/mol. The molecule has 0 fully saturated rings. The van der Waals surface area contributed by atoms with Crippen molar-refractivity contribution in [2.45, 2.75) is 6.54 Å². The molecule has 0 aliphatic rings. The minimum Gasteiger partial charge on any atom is -0.313 e. The number of nitrogens with zero attached hydrogens (tertiary/aromatic N) is 3. The predicted octanol–water partition coefficient (Wildman–Crippen LogP) is 2.48. The third-order valence-electron chi connectivity index (χ3n) is 2.06. The van der Waals surface area contributed by atoms with Crippen LogP contribution in [-0.4, -0.2) is 21.8 Å². The summed E-state index contributed by atoms with van der Waals surface area (Å²) in [6.07, 6.45) is 1.69. The van der Waals surface area contributed by atoms with E-state index in [1.807, 2.05) is 35.9 Å². The summed E-state index contributed by atoms with van der Waals surface area (Å²) in [6, 6.07) is 7.57.